The molecule has 2 aromatic carbocycles. The minimum atomic E-state index is -0.659. The molecule has 2 rings (SSSR count). The van der Waals surface area contributed by atoms with Crippen molar-refractivity contribution in [2.45, 2.75) is 20.3 Å². The minimum Gasteiger partial charge on any atom is -0.465 e. The average Bonchev–Trinajstić information content (AvgIpc) is 2.72. The Morgan fingerprint density at radius 3 is 1.83 bits per heavy atom. The molecule has 0 heterocycles. The number of amides is 1. The van der Waals surface area contributed by atoms with Crippen LogP contribution in [0.15, 0.2) is 36.4 Å². The first-order valence-electron chi connectivity index (χ1n) is 8.34. The van der Waals surface area contributed by atoms with Crippen molar-refractivity contribution in [2.75, 3.05) is 25.3 Å². The molecule has 0 unspecified atom stereocenters. The van der Waals surface area contributed by atoms with E-state index >= 15 is 0 Å². The third-order valence-electron chi connectivity index (χ3n) is 3.63. The largest absolute Gasteiger partial charge is 0.465 e. The van der Waals surface area contributed by atoms with Crippen molar-refractivity contribution in [3.05, 3.63) is 58.7 Å². The van der Waals surface area contributed by atoms with Gasteiger partial charge in [0.25, 0.3) is 0 Å². The van der Waals surface area contributed by atoms with Crippen molar-refractivity contribution in [3.8, 4) is 0 Å². The summed E-state index contributed by atoms with van der Waals surface area (Å²) in [6.45, 7) is 0.0584. The van der Waals surface area contributed by atoms with Crippen LogP contribution in [0, 0.1) is 0 Å². The zero-order valence-electron chi connectivity index (χ0n) is 16.3. The first-order chi connectivity index (χ1) is 13.8. The van der Waals surface area contributed by atoms with Crippen LogP contribution in [0.4, 0.5) is 20.2 Å². The first kappa shape index (κ1) is 23.5. The highest BCUT2D eigenvalue weighted by Crippen LogP contribution is 2.19. The number of hydrogen-bond donors (Lipinski definition) is 2. The number of carbonyl (C=O) groups excluding carboxylic acids is 3. The molecule has 29 heavy (non-hydrogen) atoms. The number of nitrogens with two attached hydrogens (primary N) is 1. The van der Waals surface area contributed by atoms with E-state index in [4.69, 9.17) is 5.73 Å². The van der Waals surface area contributed by atoms with E-state index in [0.29, 0.717) is 11.1 Å². The van der Waals surface area contributed by atoms with Crippen LogP contribution in [-0.4, -0.2) is 32.1 Å². The van der Waals surface area contributed by atoms with E-state index in [1.807, 2.05) is 0 Å². The van der Waals surface area contributed by atoms with Gasteiger partial charge in [0.15, 0.2) is 0 Å². The number of benzene rings is 2. The van der Waals surface area contributed by atoms with Gasteiger partial charge in [0.2, 0.25) is 5.91 Å². The molecule has 0 atom stereocenters. The number of halogens is 2. The van der Waals surface area contributed by atoms with Crippen LogP contribution in [0.3, 0.4) is 0 Å². The van der Waals surface area contributed by atoms with Gasteiger partial charge in [-0.15, -0.1) is 0 Å². The molecule has 0 aliphatic heterocycles. The zero-order chi connectivity index (χ0) is 22.0. The van der Waals surface area contributed by atoms with Crippen LogP contribution in [0.25, 0.3) is 0 Å². The molecule has 0 aliphatic rings. The molecular weight excluding hydrogens is 386 g/mol. The number of esters is 2. The molecule has 2 aromatic rings. The summed E-state index contributed by atoms with van der Waals surface area (Å²) < 4.78 is 33.6. The molecule has 1 amide bonds. The van der Waals surface area contributed by atoms with Gasteiger partial charge in [-0.2, -0.15) is 0 Å². The summed E-state index contributed by atoms with van der Waals surface area (Å²) in [6, 6.07) is 8.68. The van der Waals surface area contributed by atoms with Crippen LogP contribution in [0.2, 0.25) is 0 Å². The summed E-state index contributed by atoms with van der Waals surface area (Å²) in [6.07, 6.45) is 0. The molecule has 0 saturated heterocycles. The molecular formula is C20H22F2N2O5. The van der Waals surface area contributed by atoms with Crippen LogP contribution < -0.4 is 11.1 Å². The average molecular weight is 408 g/mol. The number of methoxy groups -OCH3 is 2. The van der Waals surface area contributed by atoms with Crippen molar-refractivity contribution in [1.82, 2.24) is 0 Å². The molecule has 0 saturated carbocycles. The van der Waals surface area contributed by atoms with E-state index in [2.05, 4.69) is 14.8 Å². The molecule has 9 heteroatoms. The zero-order valence-corrected chi connectivity index (χ0v) is 16.3. The van der Waals surface area contributed by atoms with Gasteiger partial charge < -0.3 is 20.5 Å². The Morgan fingerprint density at radius 1 is 0.897 bits per heavy atom. The quantitative estimate of drug-likeness (QED) is 0.580. The van der Waals surface area contributed by atoms with Gasteiger partial charge in [-0.05, 0) is 35.4 Å². The number of hydrogen-bond acceptors (Lipinski definition) is 6. The Morgan fingerprint density at radius 2 is 1.38 bits per heavy atom. The third kappa shape index (κ3) is 6.87. The fourth-order valence-electron chi connectivity index (χ4n) is 2.25. The SMILES string of the molecule is COC(=O)c1ccc(CF)cc1N.COC(=O)c1ccc(CF)cc1NC(C)=O. The second-order valence-corrected chi connectivity index (χ2v) is 5.73. The number of carbonyl (C=O) groups is 3. The summed E-state index contributed by atoms with van der Waals surface area (Å²) in [4.78, 5) is 33.3. The van der Waals surface area contributed by atoms with Crippen molar-refractivity contribution in [2.24, 2.45) is 0 Å². The summed E-state index contributed by atoms with van der Waals surface area (Å²) in [5.41, 5.74) is 7.30. The second-order valence-electron chi connectivity index (χ2n) is 5.73. The van der Waals surface area contributed by atoms with E-state index in [-0.39, 0.29) is 28.4 Å². The smallest absolute Gasteiger partial charge is 0.339 e. The van der Waals surface area contributed by atoms with Crippen LogP contribution in [0.5, 0.6) is 0 Å². The standard InChI is InChI=1S/C11H12FNO3.C9H10FNO2/c1-7(14)13-10-5-8(6-12)3-4-9(10)11(15)16-2;1-13-9(12)7-3-2-6(5-10)4-8(7)11/h3-5H,6H2,1-2H3,(H,13,14);2-4H,5,11H2,1H3. The van der Waals surface area contributed by atoms with E-state index in [1.54, 1.807) is 0 Å². The number of nitrogens with one attached hydrogen (secondary N) is 1. The summed E-state index contributed by atoms with van der Waals surface area (Å²) >= 11 is 0. The number of anilines is 2. The second kappa shape index (κ2) is 11.4. The van der Waals surface area contributed by atoms with Crippen molar-refractivity contribution < 1.29 is 32.6 Å². The topological polar surface area (TPSA) is 108 Å². The lowest BCUT2D eigenvalue weighted by Crippen LogP contribution is -2.12. The summed E-state index contributed by atoms with van der Waals surface area (Å²) in [5, 5.41) is 2.46. The third-order valence-corrected chi connectivity index (χ3v) is 3.63. The predicted octanol–water partition coefficient (Wildman–Crippen LogP) is 3.43. The minimum absolute atomic E-state index is 0.204. The maximum atomic E-state index is 12.4. The Labute approximate surface area is 166 Å². The van der Waals surface area contributed by atoms with E-state index in [9.17, 15) is 23.2 Å². The molecule has 156 valence electrons. The molecule has 0 fully saturated rings. The molecule has 0 aliphatic carbocycles. The van der Waals surface area contributed by atoms with Crippen molar-refractivity contribution in [3.63, 3.8) is 0 Å². The lowest BCUT2D eigenvalue weighted by atomic mass is 10.1. The van der Waals surface area contributed by atoms with Gasteiger partial charge in [-0.1, -0.05) is 12.1 Å². The summed E-state index contributed by atoms with van der Waals surface area (Å²) in [7, 11) is 2.51. The van der Waals surface area contributed by atoms with Crippen LogP contribution in [0.1, 0.15) is 38.8 Å². The molecule has 0 radical (unpaired) electrons. The Hall–Kier alpha value is -3.49. The lowest BCUT2D eigenvalue weighted by molar-refractivity contribution is -0.114. The van der Waals surface area contributed by atoms with Gasteiger partial charge in [0.1, 0.15) is 13.3 Å². The normalized spacial score (nSPS) is 9.69. The van der Waals surface area contributed by atoms with Crippen LogP contribution in [-0.2, 0) is 27.6 Å². The highest BCUT2D eigenvalue weighted by atomic mass is 19.1. The van der Waals surface area contributed by atoms with Gasteiger partial charge in [0.05, 0.1) is 31.0 Å². The molecule has 0 spiro atoms. The molecule has 0 bridgehead atoms. The molecule has 7 nitrogen and oxygen atoms in total. The highest BCUT2D eigenvalue weighted by molar-refractivity contribution is 6.00. The summed E-state index contributed by atoms with van der Waals surface area (Å²) in [5.74, 6) is -1.42. The first-order valence-corrected chi connectivity index (χ1v) is 8.34. The van der Waals surface area contributed by atoms with E-state index in [1.165, 1.54) is 57.5 Å². The van der Waals surface area contributed by atoms with E-state index in [0.717, 1.165) is 0 Å². The molecule has 0 aromatic heterocycles. The van der Waals surface area contributed by atoms with Crippen molar-refractivity contribution >= 4 is 29.2 Å². The number of rotatable bonds is 5. The maximum Gasteiger partial charge on any atom is 0.339 e. The lowest BCUT2D eigenvalue weighted by Gasteiger charge is -2.09. The van der Waals surface area contributed by atoms with Gasteiger partial charge in [-0.25, -0.2) is 18.4 Å². The fourth-order valence-corrected chi connectivity index (χ4v) is 2.25. The Bertz CT molecular complexity index is 887. The number of nitrogen functional groups attached to an aromatic ring is 1. The maximum absolute atomic E-state index is 12.4. The number of alkyl halides is 2. The Balaban J connectivity index is 0.000000296. The highest BCUT2D eigenvalue weighted by Gasteiger charge is 2.13. The van der Waals surface area contributed by atoms with Gasteiger partial charge in [0, 0.05) is 12.6 Å². The van der Waals surface area contributed by atoms with Crippen LogP contribution >= 0.6 is 0 Å². The number of ether oxygens (including phenoxy) is 2. The predicted molar refractivity (Wildman–Crippen MR) is 104 cm³/mol. The Kier molecular flexibility index (Phi) is 9.24. The molecule has 3 N–H and O–H groups in total. The van der Waals surface area contributed by atoms with Gasteiger partial charge >= 0.3 is 11.9 Å². The van der Waals surface area contributed by atoms with E-state index < -0.39 is 25.3 Å². The van der Waals surface area contributed by atoms with Crippen molar-refractivity contribution in [1.29, 1.82) is 0 Å². The van der Waals surface area contributed by atoms with Gasteiger partial charge in [-0.3, -0.25) is 4.79 Å². The fraction of sp³-hybridized carbons (Fsp3) is 0.250. The monoisotopic (exact) mass is 408 g/mol.